The molecule has 0 fully saturated rings. The van der Waals surface area contributed by atoms with Gasteiger partial charge in [0.25, 0.3) is 5.91 Å². The highest BCUT2D eigenvalue weighted by atomic mass is 35.5. The molecule has 5 nitrogen and oxygen atoms in total. The second-order valence-electron chi connectivity index (χ2n) is 4.24. The standard InChI is InChI=1S/C14H13ClN2O3/c1-8(14(19)20-2)16-13(18)11-7-9-5-3-4-6-10(9)12(15)17-11/h3-8H,1-2H3,(H,16,18)/t8-/m0/s1. The average molecular weight is 293 g/mol. The molecule has 0 bridgehead atoms. The van der Waals surface area contributed by atoms with E-state index in [2.05, 4.69) is 15.0 Å². The second kappa shape index (κ2) is 5.88. The van der Waals surface area contributed by atoms with Gasteiger partial charge in [0.2, 0.25) is 0 Å². The fraction of sp³-hybridized carbons (Fsp3) is 0.214. The van der Waals surface area contributed by atoms with Crippen LogP contribution in [-0.4, -0.2) is 30.0 Å². The first-order valence-electron chi connectivity index (χ1n) is 5.97. The van der Waals surface area contributed by atoms with Gasteiger partial charge in [0.15, 0.2) is 0 Å². The van der Waals surface area contributed by atoms with Crippen molar-refractivity contribution in [1.82, 2.24) is 10.3 Å². The van der Waals surface area contributed by atoms with Gasteiger partial charge in [-0.1, -0.05) is 35.9 Å². The summed E-state index contributed by atoms with van der Waals surface area (Å²) >= 11 is 6.05. The fourth-order valence-electron chi connectivity index (χ4n) is 1.78. The number of carbonyl (C=O) groups excluding carboxylic acids is 2. The summed E-state index contributed by atoms with van der Waals surface area (Å²) in [5.41, 5.74) is 0.157. The highest BCUT2D eigenvalue weighted by molar-refractivity contribution is 6.34. The van der Waals surface area contributed by atoms with Crippen LogP contribution >= 0.6 is 11.6 Å². The second-order valence-corrected chi connectivity index (χ2v) is 4.60. The number of halogens is 1. The summed E-state index contributed by atoms with van der Waals surface area (Å²) in [5, 5.41) is 4.33. The zero-order chi connectivity index (χ0) is 14.7. The van der Waals surface area contributed by atoms with Gasteiger partial charge in [0, 0.05) is 5.39 Å². The number of fused-ring (bicyclic) bond motifs is 1. The number of rotatable bonds is 3. The molecule has 0 spiro atoms. The van der Waals surface area contributed by atoms with Crippen LogP contribution in [0.4, 0.5) is 0 Å². The molecule has 0 unspecified atom stereocenters. The summed E-state index contributed by atoms with van der Waals surface area (Å²) < 4.78 is 4.54. The van der Waals surface area contributed by atoms with Gasteiger partial charge in [-0.25, -0.2) is 9.78 Å². The number of pyridine rings is 1. The van der Waals surface area contributed by atoms with E-state index in [1.54, 1.807) is 6.07 Å². The van der Waals surface area contributed by atoms with Crippen LogP contribution in [0.5, 0.6) is 0 Å². The number of ether oxygens (including phenoxy) is 1. The fourth-order valence-corrected chi connectivity index (χ4v) is 2.04. The van der Waals surface area contributed by atoms with Crippen LogP contribution in [0, 0.1) is 0 Å². The molecular weight excluding hydrogens is 280 g/mol. The van der Waals surface area contributed by atoms with Gasteiger partial charge in [-0.15, -0.1) is 0 Å². The summed E-state index contributed by atoms with van der Waals surface area (Å²) in [5.74, 6) is -0.999. The van der Waals surface area contributed by atoms with E-state index in [-0.39, 0.29) is 10.8 Å². The minimum absolute atomic E-state index is 0.157. The number of nitrogens with one attached hydrogen (secondary N) is 1. The number of hydrogen-bond donors (Lipinski definition) is 1. The molecule has 0 aliphatic carbocycles. The zero-order valence-corrected chi connectivity index (χ0v) is 11.8. The molecular formula is C14H13ClN2O3. The lowest BCUT2D eigenvalue weighted by Crippen LogP contribution is -2.39. The van der Waals surface area contributed by atoms with E-state index < -0.39 is 17.9 Å². The Kier molecular flexibility index (Phi) is 4.20. The minimum atomic E-state index is -0.750. The Morgan fingerprint density at radius 2 is 2.05 bits per heavy atom. The molecule has 2 rings (SSSR count). The maximum absolute atomic E-state index is 12.0. The van der Waals surface area contributed by atoms with Gasteiger partial charge in [0.05, 0.1) is 7.11 Å². The van der Waals surface area contributed by atoms with Crippen molar-refractivity contribution >= 4 is 34.2 Å². The Labute approximate surface area is 120 Å². The van der Waals surface area contributed by atoms with Crippen molar-refractivity contribution in [3.63, 3.8) is 0 Å². The first-order chi connectivity index (χ1) is 9.52. The highest BCUT2D eigenvalue weighted by Gasteiger charge is 2.18. The van der Waals surface area contributed by atoms with E-state index >= 15 is 0 Å². The molecule has 0 aliphatic heterocycles. The van der Waals surface area contributed by atoms with Gasteiger partial charge < -0.3 is 10.1 Å². The molecule has 1 aromatic heterocycles. The molecule has 1 heterocycles. The lowest BCUT2D eigenvalue weighted by atomic mass is 10.1. The molecule has 0 saturated carbocycles. The van der Waals surface area contributed by atoms with Crippen molar-refractivity contribution in [3.8, 4) is 0 Å². The van der Waals surface area contributed by atoms with Crippen molar-refractivity contribution in [2.75, 3.05) is 7.11 Å². The molecule has 0 radical (unpaired) electrons. The van der Waals surface area contributed by atoms with Gasteiger partial charge in [-0.05, 0) is 18.4 Å². The largest absolute Gasteiger partial charge is 0.467 e. The topological polar surface area (TPSA) is 68.3 Å². The number of amides is 1. The number of carbonyl (C=O) groups is 2. The molecule has 1 atom stereocenters. The van der Waals surface area contributed by atoms with Gasteiger partial charge >= 0.3 is 5.97 Å². The Morgan fingerprint density at radius 1 is 1.35 bits per heavy atom. The van der Waals surface area contributed by atoms with Crippen LogP contribution in [0.1, 0.15) is 17.4 Å². The molecule has 1 aromatic carbocycles. The number of esters is 1. The van der Waals surface area contributed by atoms with Crippen molar-refractivity contribution in [1.29, 1.82) is 0 Å². The number of methoxy groups -OCH3 is 1. The van der Waals surface area contributed by atoms with E-state index in [0.29, 0.717) is 0 Å². The van der Waals surface area contributed by atoms with E-state index in [0.717, 1.165) is 10.8 Å². The van der Waals surface area contributed by atoms with Crippen molar-refractivity contribution in [3.05, 3.63) is 41.2 Å². The van der Waals surface area contributed by atoms with Crippen molar-refractivity contribution < 1.29 is 14.3 Å². The van der Waals surface area contributed by atoms with Crippen LogP contribution in [0.2, 0.25) is 5.15 Å². The number of aromatic nitrogens is 1. The Bertz CT molecular complexity index is 673. The summed E-state index contributed by atoms with van der Waals surface area (Å²) in [6, 6.07) is 8.22. The highest BCUT2D eigenvalue weighted by Crippen LogP contribution is 2.22. The van der Waals surface area contributed by atoms with E-state index in [9.17, 15) is 9.59 Å². The summed E-state index contributed by atoms with van der Waals surface area (Å²) in [6.07, 6.45) is 0. The molecule has 6 heteroatoms. The molecule has 0 aliphatic rings. The number of benzene rings is 1. The maximum Gasteiger partial charge on any atom is 0.328 e. The predicted molar refractivity (Wildman–Crippen MR) is 75.7 cm³/mol. The molecule has 20 heavy (non-hydrogen) atoms. The summed E-state index contributed by atoms with van der Waals surface area (Å²) in [4.78, 5) is 27.3. The van der Waals surface area contributed by atoms with Crippen molar-refractivity contribution in [2.24, 2.45) is 0 Å². The molecule has 104 valence electrons. The Balaban J connectivity index is 2.29. The predicted octanol–water partition coefficient (Wildman–Crippen LogP) is 2.18. The third kappa shape index (κ3) is 2.88. The number of hydrogen-bond acceptors (Lipinski definition) is 4. The maximum atomic E-state index is 12.0. The van der Waals surface area contributed by atoms with E-state index in [4.69, 9.17) is 11.6 Å². The van der Waals surface area contributed by atoms with E-state index in [1.807, 2.05) is 24.3 Å². The lowest BCUT2D eigenvalue weighted by molar-refractivity contribution is -0.142. The molecule has 1 N–H and O–H groups in total. The average Bonchev–Trinajstić information content (AvgIpc) is 2.46. The van der Waals surface area contributed by atoms with Crippen LogP contribution < -0.4 is 5.32 Å². The van der Waals surface area contributed by atoms with Gasteiger partial charge in [-0.3, -0.25) is 4.79 Å². The molecule has 0 saturated heterocycles. The van der Waals surface area contributed by atoms with Crippen LogP contribution in [0.15, 0.2) is 30.3 Å². The smallest absolute Gasteiger partial charge is 0.328 e. The third-order valence-electron chi connectivity index (χ3n) is 2.83. The van der Waals surface area contributed by atoms with Gasteiger partial charge in [-0.2, -0.15) is 0 Å². The lowest BCUT2D eigenvalue weighted by Gasteiger charge is -2.11. The number of nitrogens with zero attached hydrogens (tertiary/aromatic N) is 1. The first-order valence-corrected chi connectivity index (χ1v) is 6.34. The zero-order valence-electron chi connectivity index (χ0n) is 11.0. The molecule has 1 amide bonds. The van der Waals surface area contributed by atoms with E-state index in [1.165, 1.54) is 14.0 Å². The van der Waals surface area contributed by atoms with Crippen LogP contribution in [0.25, 0.3) is 10.8 Å². The minimum Gasteiger partial charge on any atom is -0.467 e. The van der Waals surface area contributed by atoms with Crippen LogP contribution in [-0.2, 0) is 9.53 Å². The first kappa shape index (κ1) is 14.3. The Morgan fingerprint density at radius 3 is 2.75 bits per heavy atom. The summed E-state index contributed by atoms with van der Waals surface area (Å²) in [7, 11) is 1.26. The van der Waals surface area contributed by atoms with Crippen LogP contribution in [0.3, 0.4) is 0 Å². The molecule has 2 aromatic rings. The third-order valence-corrected chi connectivity index (χ3v) is 3.12. The monoisotopic (exact) mass is 292 g/mol. The Hall–Kier alpha value is -2.14. The van der Waals surface area contributed by atoms with Crippen molar-refractivity contribution in [2.45, 2.75) is 13.0 Å². The van der Waals surface area contributed by atoms with Gasteiger partial charge in [0.1, 0.15) is 16.9 Å². The SMILES string of the molecule is COC(=O)[C@H](C)NC(=O)c1cc2ccccc2c(Cl)n1. The summed E-state index contributed by atoms with van der Waals surface area (Å²) in [6.45, 7) is 1.53. The quantitative estimate of drug-likeness (QED) is 0.695. The normalized spacial score (nSPS) is 11.9.